The largest absolute Gasteiger partial charge is 0.573 e. The second-order valence-electron chi connectivity index (χ2n) is 2.35. The van der Waals surface area contributed by atoms with Gasteiger partial charge < -0.3 is 10.5 Å². The van der Waals surface area contributed by atoms with Crippen LogP contribution in [-0.2, 0) is 0 Å². The van der Waals surface area contributed by atoms with Crippen molar-refractivity contribution in [1.29, 1.82) is 0 Å². The predicted octanol–water partition coefficient (Wildman–Crippen LogP) is 3.69. The van der Waals surface area contributed by atoms with Gasteiger partial charge in [0.25, 0.3) is 0 Å². The van der Waals surface area contributed by atoms with Gasteiger partial charge >= 0.3 is 6.36 Å². The van der Waals surface area contributed by atoms with Crippen LogP contribution in [0.25, 0.3) is 0 Å². The fourth-order valence-electron chi connectivity index (χ4n) is 0.757. The summed E-state index contributed by atoms with van der Waals surface area (Å²) in [5.74, 6) is -0.424. The van der Waals surface area contributed by atoms with Crippen LogP contribution < -0.4 is 10.5 Å². The van der Waals surface area contributed by atoms with E-state index in [1.165, 1.54) is 6.07 Å². The molecule has 1 rings (SSSR count). The van der Waals surface area contributed by atoms with Gasteiger partial charge in [-0.3, -0.25) is 0 Å². The molecule has 14 heavy (non-hydrogen) atoms. The number of nitrogens with two attached hydrogens (primary N) is 1. The summed E-state index contributed by atoms with van der Waals surface area (Å²) < 4.78 is 40.2. The van der Waals surface area contributed by atoms with Gasteiger partial charge in [-0.1, -0.05) is 0 Å². The molecule has 1 aromatic rings. The number of hydrogen-bond acceptors (Lipinski definition) is 2. The molecule has 0 aliphatic heterocycles. The summed E-state index contributed by atoms with van der Waals surface area (Å²) >= 11 is 6.13. The Morgan fingerprint density at radius 2 is 1.64 bits per heavy atom. The van der Waals surface area contributed by atoms with Crippen molar-refractivity contribution in [3.8, 4) is 5.75 Å². The monoisotopic (exact) mass is 333 g/mol. The summed E-state index contributed by atoms with van der Waals surface area (Å²) in [7, 11) is 0. The van der Waals surface area contributed by atoms with Gasteiger partial charge in [0.05, 0.1) is 5.69 Å². The van der Waals surface area contributed by atoms with Gasteiger partial charge in [0.15, 0.2) is 5.75 Å². The third-order valence-corrected chi connectivity index (χ3v) is 3.12. The average molecular weight is 335 g/mol. The molecule has 0 bridgehead atoms. The molecule has 0 amide bonds. The van der Waals surface area contributed by atoms with E-state index < -0.39 is 12.1 Å². The molecule has 0 radical (unpaired) electrons. The molecule has 0 aromatic heterocycles. The van der Waals surface area contributed by atoms with E-state index in [0.29, 0.717) is 8.95 Å². The highest BCUT2D eigenvalue weighted by Gasteiger charge is 2.32. The van der Waals surface area contributed by atoms with Crippen LogP contribution in [0.5, 0.6) is 5.75 Å². The molecule has 2 N–H and O–H groups in total. The molecule has 1 aromatic carbocycles. The van der Waals surface area contributed by atoms with Crippen LogP contribution in [0.2, 0.25) is 0 Å². The number of ether oxygens (including phenoxy) is 1. The van der Waals surface area contributed by atoms with Gasteiger partial charge in [0.1, 0.15) is 0 Å². The second-order valence-corrected chi connectivity index (χ2v) is 4.06. The Kier molecular flexibility index (Phi) is 3.31. The molecule has 0 fully saturated rings. The zero-order chi connectivity index (χ0) is 10.9. The summed E-state index contributed by atoms with van der Waals surface area (Å²) in [4.78, 5) is 0. The van der Waals surface area contributed by atoms with Crippen molar-refractivity contribution in [2.75, 3.05) is 5.73 Å². The highest BCUT2D eigenvalue weighted by atomic mass is 79.9. The van der Waals surface area contributed by atoms with Crippen LogP contribution in [0, 0.1) is 0 Å². The van der Waals surface area contributed by atoms with Gasteiger partial charge in [-0.25, -0.2) is 0 Å². The van der Waals surface area contributed by atoms with E-state index in [4.69, 9.17) is 5.73 Å². The number of halogens is 5. The standard InChI is InChI=1S/C7H4Br2F3NO/c8-3-1-5(13)6(2-4(3)9)14-7(10,11)12/h1-2H,13H2. The maximum atomic E-state index is 11.8. The molecular formula is C7H4Br2F3NO. The predicted molar refractivity (Wildman–Crippen MR) is 52.9 cm³/mol. The number of benzene rings is 1. The molecule has 7 heteroatoms. The smallest absolute Gasteiger partial charge is 0.404 e. The fraction of sp³-hybridized carbons (Fsp3) is 0.143. The highest BCUT2D eigenvalue weighted by molar-refractivity contribution is 9.13. The van der Waals surface area contributed by atoms with Crippen LogP contribution in [0.3, 0.4) is 0 Å². The fourth-order valence-corrected chi connectivity index (χ4v) is 1.44. The Morgan fingerprint density at radius 3 is 2.14 bits per heavy atom. The molecule has 0 saturated heterocycles. The van der Waals surface area contributed by atoms with Gasteiger partial charge in [-0.05, 0) is 44.0 Å². The minimum atomic E-state index is -4.73. The van der Waals surface area contributed by atoms with Crippen molar-refractivity contribution in [2.24, 2.45) is 0 Å². The second kappa shape index (κ2) is 3.98. The first-order valence-electron chi connectivity index (χ1n) is 3.30. The molecule has 0 aliphatic carbocycles. The highest BCUT2D eigenvalue weighted by Crippen LogP contribution is 2.35. The van der Waals surface area contributed by atoms with E-state index in [1.54, 1.807) is 0 Å². The van der Waals surface area contributed by atoms with Gasteiger partial charge in [-0.15, -0.1) is 13.2 Å². The van der Waals surface area contributed by atoms with Crippen LogP contribution in [0.15, 0.2) is 21.1 Å². The summed E-state index contributed by atoms with van der Waals surface area (Å²) in [6, 6.07) is 2.47. The summed E-state index contributed by atoms with van der Waals surface area (Å²) in [5.41, 5.74) is 5.24. The van der Waals surface area contributed by atoms with Crippen molar-refractivity contribution < 1.29 is 17.9 Å². The van der Waals surface area contributed by atoms with Crippen LogP contribution >= 0.6 is 31.9 Å². The number of anilines is 1. The minimum Gasteiger partial charge on any atom is -0.404 e. The van der Waals surface area contributed by atoms with Crippen molar-refractivity contribution in [3.05, 3.63) is 21.1 Å². The van der Waals surface area contributed by atoms with Crippen LogP contribution in [0.4, 0.5) is 18.9 Å². The van der Waals surface area contributed by atoms with Gasteiger partial charge in [-0.2, -0.15) is 0 Å². The Labute approximate surface area is 94.5 Å². The normalized spacial score (nSPS) is 11.5. The zero-order valence-electron chi connectivity index (χ0n) is 6.53. The van der Waals surface area contributed by atoms with E-state index in [2.05, 4.69) is 36.6 Å². The Bertz CT molecular complexity index is 354. The molecule has 0 atom stereocenters. The van der Waals surface area contributed by atoms with E-state index in [-0.39, 0.29) is 5.69 Å². The quantitative estimate of drug-likeness (QED) is 0.795. The Hall–Kier alpha value is -0.430. The Balaban J connectivity index is 3.04. The van der Waals surface area contributed by atoms with E-state index in [9.17, 15) is 13.2 Å². The van der Waals surface area contributed by atoms with E-state index in [1.807, 2.05) is 0 Å². The lowest BCUT2D eigenvalue weighted by Gasteiger charge is -2.11. The number of rotatable bonds is 1. The number of alkyl halides is 3. The molecule has 0 unspecified atom stereocenters. The first-order valence-corrected chi connectivity index (χ1v) is 4.88. The summed E-state index contributed by atoms with van der Waals surface area (Å²) in [6.07, 6.45) is -4.73. The lowest BCUT2D eigenvalue weighted by atomic mass is 10.3. The minimum absolute atomic E-state index is 0.0857. The molecule has 0 spiro atoms. The molecular weight excluding hydrogens is 331 g/mol. The lowest BCUT2D eigenvalue weighted by molar-refractivity contribution is -0.274. The maximum absolute atomic E-state index is 11.8. The first-order chi connectivity index (χ1) is 6.29. The molecule has 0 saturated carbocycles. The van der Waals surface area contributed by atoms with E-state index in [0.717, 1.165) is 6.07 Å². The topological polar surface area (TPSA) is 35.2 Å². The van der Waals surface area contributed by atoms with Crippen molar-refractivity contribution in [2.45, 2.75) is 6.36 Å². The van der Waals surface area contributed by atoms with Crippen LogP contribution in [0.1, 0.15) is 0 Å². The average Bonchev–Trinajstić information content (AvgIpc) is 1.97. The Morgan fingerprint density at radius 1 is 1.14 bits per heavy atom. The lowest BCUT2D eigenvalue weighted by Crippen LogP contribution is -2.18. The summed E-state index contributed by atoms with van der Waals surface area (Å²) in [5, 5.41) is 0. The maximum Gasteiger partial charge on any atom is 0.573 e. The third kappa shape index (κ3) is 3.06. The SMILES string of the molecule is Nc1cc(Br)c(Br)cc1OC(F)(F)F. The molecule has 0 aliphatic rings. The third-order valence-electron chi connectivity index (χ3n) is 1.28. The zero-order valence-corrected chi connectivity index (χ0v) is 9.70. The number of nitrogen functional groups attached to an aromatic ring is 1. The molecule has 0 heterocycles. The van der Waals surface area contributed by atoms with Gasteiger partial charge in [0.2, 0.25) is 0 Å². The van der Waals surface area contributed by atoms with Crippen molar-refractivity contribution in [3.63, 3.8) is 0 Å². The molecule has 2 nitrogen and oxygen atoms in total. The van der Waals surface area contributed by atoms with Gasteiger partial charge in [0, 0.05) is 8.95 Å². The number of hydrogen-bond donors (Lipinski definition) is 1. The van der Waals surface area contributed by atoms with Crippen molar-refractivity contribution in [1.82, 2.24) is 0 Å². The van der Waals surface area contributed by atoms with E-state index >= 15 is 0 Å². The first kappa shape index (κ1) is 11.6. The summed E-state index contributed by atoms with van der Waals surface area (Å²) in [6.45, 7) is 0. The van der Waals surface area contributed by atoms with Crippen LogP contribution in [-0.4, -0.2) is 6.36 Å². The molecule has 78 valence electrons. The van der Waals surface area contributed by atoms with Crippen molar-refractivity contribution >= 4 is 37.5 Å².